The number of aliphatic hydroxyl groups is 1. The second-order valence-corrected chi connectivity index (χ2v) is 4.32. The molecule has 1 aliphatic heterocycles. The van der Waals surface area contributed by atoms with E-state index in [4.69, 9.17) is 9.84 Å². The molecule has 0 aliphatic carbocycles. The normalized spacial score (nSPS) is 23.6. The monoisotopic (exact) mass is 235 g/mol. The maximum absolute atomic E-state index is 11.9. The van der Waals surface area contributed by atoms with E-state index in [0.717, 1.165) is 12.8 Å². The molecule has 0 aromatic heterocycles. The van der Waals surface area contributed by atoms with E-state index < -0.39 is 0 Å². The summed E-state index contributed by atoms with van der Waals surface area (Å²) in [5.41, 5.74) is 1.37. The number of anilines is 1. The summed E-state index contributed by atoms with van der Waals surface area (Å²) in [7, 11) is 0. The molecule has 2 N–H and O–H groups in total. The molecule has 1 aliphatic rings. The first-order chi connectivity index (χ1) is 8.20. The molecule has 1 heterocycles. The highest BCUT2D eigenvalue weighted by atomic mass is 16.5. The number of amides is 1. The van der Waals surface area contributed by atoms with Crippen LogP contribution in [0.5, 0.6) is 0 Å². The molecule has 0 spiro atoms. The molecule has 1 amide bonds. The number of aliphatic hydroxyl groups excluding tert-OH is 1. The molecule has 1 fully saturated rings. The zero-order valence-electron chi connectivity index (χ0n) is 9.85. The second kappa shape index (κ2) is 5.29. The third-order valence-electron chi connectivity index (χ3n) is 2.97. The number of ether oxygens (including phenoxy) is 1. The number of rotatable bonds is 3. The van der Waals surface area contributed by atoms with E-state index in [1.165, 1.54) is 0 Å². The molecule has 17 heavy (non-hydrogen) atoms. The SMILES string of the molecule is CC1CCC(C(=O)Nc2ccccc2CO)O1. The molecule has 0 radical (unpaired) electrons. The molecule has 2 atom stereocenters. The highest BCUT2D eigenvalue weighted by Gasteiger charge is 2.28. The molecule has 1 saturated heterocycles. The zero-order valence-corrected chi connectivity index (χ0v) is 9.85. The van der Waals surface area contributed by atoms with Crippen molar-refractivity contribution in [1.29, 1.82) is 0 Å². The van der Waals surface area contributed by atoms with Gasteiger partial charge in [0.2, 0.25) is 0 Å². The Hall–Kier alpha value is -1.39. The van der Waals surface area contributed by atoms with Gasteiger partial charge in [-0.1, -0.05) is 18.2 Å². The smallest absolute Gasteiger partial charge is 0.253 e. The predicted octanol–water partition coefficient (Wildman–Crippen LogP) is 1.68. The Labute approximate surface area is 101 Å². The minimum Gasteiger partial charge on any atom is -0.392 e. The minimum atomic E-state index is -0.364. The van der Waals surface area contributed by atoms with Gasteiger partial charge in [-0.3, -0.25) is 4.79 Å². The second-order valence-electron chi connectivity index (χ2n) is 4.32. The van der Waals surface area contributed by atoms with Crippen molar-refractivity contribution >= 4 is 11.6 Å². The van der Waals surface area contributed by atoms with Crippen molar-refractivity contribution in [3.05, 3.63) is 29.8 Å². The fourth-order valence-corrected chi connectivity index (χ4v) is 1.99. The van der Waals surface area contributed by atoms with Gasteiger partial charge in [0.15, 0.2) is 0 Å². The van der Waals surface area contributed by atoms with Gasteiger partial charge in [-0.05, 0) is 25.8 Å². The lowest BCUT2D eigenvalue weighted by atomic mass is 10.1. The van der Waals surface area contributed by atoms with E-state index in [2.05, 4.69) is 5.32 Å². The van der Waals surface area contributed by atoms with Gasteiger partial charge in [0, 0.05) is 11.3 Å². The van der Waals surface area contributed by atoms with Crippen LogP contribution in [0.4, 0.5) is 5.69 Å². The van der Waals surface area contributed by atoms with Crippen LogP contribution in [0.25, 0.3) is 0 Å². The molecular formula is C13H17NO3. The molecule has 2 rings (SSSR count). The maximum Gasteiger partial charge on any atom is 0.253 e. The van der Waals surface area contributed by atoms with Crippen LogP contribution in [0.3, 0.4) is 0 Å². The average molecular weight is 235 g/mol. The fourth-order valence-electron chi connectivity index (χ4n) is 1.99. The number of hydrogen-bond donors (Lipinski definition) is 2. The van der Waals surface area contributed by atoms with E-state index in [1.807, 2.05) is 19.1 Å². The minimum absolute atomic E-state index is 0.0849. The van der Waals surface area contributed by atoms with E-state index >= 15 is 0 Å². The molecule has 0 bridgehead atoms. The Morgan fingerprint density at radius 3 is 2.88 bits per heavy atom. The van der Waals surface area contributed by atoms with Crippen molar-refractivity contribution in [3.63, 3.8) is 0 Å². The Kier molecular flexibility index (Phi) is 3.76. The van der Waals surface area contributed by atoms with Crippen molar-refractivity contribution in [2.75, 3.05) is 5.32 Å². The number of carbonyl (C=O) groups is 1. The number of benzene rings is 1. The summed E-state index contributed by atoms with van der Waals surface area (Å²) in [6, 6.07) is 7.22. The highest BCUT2D eigenvalue weighted by molar-refractivity contribution is 5.94. The Bertz CT molecular complexity index is 405. The fraction of sp³-hybridized carbons (Fsp3) is 0.462. The number of hydrogen-bond acceptors (Lipinski definition) is 3. The van der Waals surface area contributed by atoms with Crippen LogP contribution >= 0.6 is 0 Å². The standard InChI is InChI=1S/C13H17NO3/c1-9-6-7-12(17-9)13(16)14-11-5-3-2-4-10(11)8-15/h2-5,9,12,15H,6-8H2,1H3,(H,14,16). The molecule has 4 heteroatoms. The third kappa shape index (κ3) is 2.84. The van der Waals surface area contributed by atoms with Crippen LogP contribution in [0.2, 0.25) is 0 Å². The summed E-state index contributed by atoms with van der Waals surface area (Å²) in [4.78, 5) is 11.9. The van der Waals surface area contributed by atoms with E-state index in [1.54, 1.807) is 12.1 Å². The predicted molar refractivity (Wildman–Crippen MR) is 64.6 cm³/mol. The van der Waals surface area contributed by atoms with Gasteiger partial charge in [-0.25, -0.2) is 0 Å². The molecule has 2 unspecified atom stereocenters. The molecule has 92 valence electrons. The summed E-state index contributed by atoms with van der Waals surface area (Å²) in [5.74, 6) is -0.129. The highest BCUT2D eigenvalue weighted by Crippen LogP contribution is 2.21. The van der Waals surface area contributed by atoms with Gasteiger partial charge < -0.3 is 15.2 Å². The summed E-state index contributed by atoms with van der Waals surface area (Å²) < 4.78 is 5.49. The zero-order chi connectivity index (χ0) is 12.3. The lowest BCUT2D eigenvalue weighted by Gasteiger charge is -2.13. The quantitative estimate of drug-likeness (QED) is 0.838. The lowest BCUT2D eigenvalue weighted by molar-refractivity contribution is -0.126. The summed E-state index contributed by atoms with van der Waals surface area (Å²) >= 11 is 0. The Morgan fingerprint density at radius 1 is 1.47 bits per heavy atom. The van der Waals surface area contributed by atoms with E-state index in [0.29, 0.717) is 11.3 Å². The first kappa shape index (κ1) is 12.1. The third-order valence-corrected chi connectivity index (χ3v) is 2.97. The van der Waals surface area contributed by atoms with Crippen LogP contribution in [0.1, 0.15) is 25.3 Å². The maximum atomic E-state index is 11.9. The first-order valence-electron chi connectivity index (χ1n) is 5.86. The molecule has 4 nitrogen and oxygen atoms in total. The van der Waals surface area contributed by atoms with Crippen molar-refractivity contribution in [2.45, 2.75) is 38.6 Å². The number of carbonyl (C=O) groups excluding carboxylic acids is 1. The molecule has 0 saturated carbocycles. The Balaban J connectivity index is 2.03. The van der Waals surface area contributed by atoms with Crippen LogP contribution in [-0.4, -0.2) is 23.2 Å². The molecule has 1 aromatic rings. The van der Waals surface area contributed by atoms with Gasteiger partial charge >= 0.3 is 0 Å². The summed E-state index contributed by atoms with van der Waals surface area (Å²) in [5, 5.41) is 12.0. The number of nitrogens with one attached hydrogen (secondary N) is 1. The van der Waals surface area contributed by atoms with Gasteiger partial charge in [0.25, 0.3) is 5.91 Å². The van der Waals surface area contributed by atoms with Crippen molar-refractivity contribution < 1.29 is 14.6 Å². The molecular weight excluding hydrogens is 218 g/mol. The topological polar surface area (TPSA) is 58.6 Å². The van der Waals surface area contributed by atoms with Gasteiger partial charge in [0.1, 0.15) is 6.10 Å². The lowest BCUT2D eigenvalue weighted by Crippen LogP contribution is -2.28. The number of para-hydroxylation sites is 1. The van der Waals surface area contributed by atoms with Crippen molar-refractivity contribution in [1.82, 2.24) is 0 Å². The van der Waals surface area contributed by atoms with Gasteiger partial charge in [0.05, 0.1) is 12.7 Å². The Morgan fingerprint density at radius 2 is 2.24 bits per heavy atom. The van der Waals surface area contributed by atoms with E-state index in [9.17, 15) is 4.79 Å². The van der Waals surface area contributed by atoms with Gasteiger partial charge in [-0.15, -0.1) is 0 Å². The average Bonchev–Trinajstić information content (AvgIpc) is 2.77. The largest absolute Gasteiger partial charge is 0.392 e. The van der Waals surface area contributed by atoms with Crippen LogP contribution in [0.15, 0.2) is 24.3 Å². The van der Waals surface area contributed by atoms with Crippen LogP contribution in [0, 0.1) is 0 Å². The summed E-state index contributed by atoms with van der Waals surface area (Å²) in [6.07, 6.45) is 1.46. The van der Waals surface area contributed by atoms with Gasteiger partial charge in [-0.2, -0.15) is 0 Å². The van der Waals surface area contributed by atoms with E-state index in [-0.39, 0.29) is 24.7 Å². The molecule has 1 aromatic carbocycles. The van der Waals surface area contributed by atoms with Crippen molar-refractivity contribution in [2.24, 2.45) is 0 Å². The summed E-state index contributed by atoms with van der Waals surface area (Å²) in [6.45, 7) is 1.88. The van der Waals surface area contributed by atoms with Crippen LogP contribution < -0.4 is 5.32 Å². The van der Waals surface area contributed by atoms with Crippen molar-refractivity contribution in [3.8, 4) is 0 Å². The van der Waals surface area contributed by atoms with Crippen LogP contribution in [-0.2, 0) is 16.1 Å². The first-order valence-corrected chi connectivity index (χ1v) is 5.86.